The SMILES string of the molecule is COC(=O)[C@@H](NC(=O)CN(Cc1ccccc1)C(=O)c1ccccc1)C1CCCCC1. The molecule has 6 nitrogen and oxygen atoms in total. The van der Waals surface area contributed by atoms with E-state index in [-0.39, 0.29) is 24.3 Å². The number of esters is 1. The van der Waals surface area contributed by atoms with E-state index >= 15 is 0 Å². The summed E-state index contributed by atoms with van der Waals surface area (Å²) >= 11 is 0. The number of rotatable bonds is 8. The van der Waals surface area contributed by atoms with Crippen LogP contribution in [0.15, 0.2) is 60.7 Å². The molecule has 1 saturated carbocycles. The first-order valence-corrected chi connectivity index (χ1v) is 10.8. The highest BCUT2D eigenvalue weighted by atomic mass is 16.5. The fourth-order valence-electron chi connectivity index (χ4n) is 4.12. The molecule has 0 aromatic heterocycles. The first kappa shape index (κ1) is 22.5. The molecular formula is C25H30N2O4. The summed E-state index contributed by atoms with van der Waals surface area (Å²) in [6.45, 7) is 0.164. The Morgan fingerprint density at radius 1 is 0.968 bits per heavy atom. The number of ether oxygens (including phenoxy) is 1. The van der Waals surface area contributed by atoms with Gasteiger partial charge in [-0.25, -0.2) is 4.79 Å². The fourth-order valence-corrected chi connectivity index (χ4v) is 4.12. The highest BCUT2D eigenvalue weighted by molar-refractivity contribution is 5.97. The number of nitrogens with zero attached hydrogens (tertiary/aromatic N) is 1. The molecule has 2 aromatic rings. The molecule has 0 saturated heterocycles. The van der Waals surface area contributed by atoms with Crippen LogP contribution in [0.5, 0.6) is 0 Å². The lowest BCUT2D eigenvalue weighted by Crippen LogP contribution is -2.50. The molecule has 1 N–H and O–H groups in total. The molecule has 2 aromatic carbocycles. The first-order valence-electron chi connectivity index (χ1n) is 10.8. The van der Waals surface area contributed by atoms with E-state index in [0.717, 1.165) is 37.7 Å². The van der Waals surface area contributed by atoms with Crippen LogP contribution >= 0.6 is 0 Å². The molecule has 1 aliphatic carbocycles. The minimum atomic E-state index is -0.678. The number of hydrogen-bond acceptors (Lipinski definition) is 4. The van der Waals surface area contributed by atoms with E-state index in [4.69, 9.17) is 4.74 Å². The summed E-state index contributed by atoms with van der Waals surface area (Å²) in [5, 5.41) is 2.85. The van der Waals surface area contributed by atoms with Crippen molar-refractivity contribution in [2.75, 3.05) is 13.7 Å². The number of carbonyl (C=O) groups is 3. The van der Waals surface area contributed by atoms with Crippen LogP contribution in [0.4, 0.5) is 0 Å². The monoisotopic (exact) mass is 422 g/mol. The van der Waals surface area contributed by atoms with Gasteiger partial charge in [-0.15, -0.1) is 0 Å². The maximum atomic E-state index is 13.1. The average molecular weight is 423 g/mol. The van der Waals surface area contributed by atoms with Gasteiger partial charge in [0.25, 0.3) is 5.91 Å². The van der Waals surface area contributed by atoms with Gasteiger partial charge < -0.3 is 15.0 Å². The highest BCUT2D eigenvalue weighted by Crippen LogP contribution is 2.27. The Labute approximate surface area is 183 Å². The standard InChI is InChI=1S/C25H30N2O4/c1-31-25(30)23(20-13-7-3-8-14-20)26-22(28)18-27(17-19-11-5-2-6-12-19)24(29)21-15-9-4-10-16-21/h2,4-6,9-12,15-16,20,23H,3,7-8,13-14,17-18H2,1H3,(H,26,28)/t23-/m0/s1. The van der Waals surface area contributed by atoms with Crippen molar-refractivity contribution >= 4 is 17.8 Å². The van der Waals surface area contributed by atoms with Crippen molar-refractivity contribution < 1.29 is 19.1 Å². The maximum Gasteiger partial charge on any atom is 0.328 e. The second-order valence-corrected chi connectivity index (χ2v) is 7.98. The van der Waals surface area contributed by atoms with E-state index in [2.05, 4.69) is 5.32 Å². The molecule has 2 amide bonds. The summed E-state index contributed by atoms with van der Waals surface area (Å²) in [7, 11) is 1.34. The summed E-state index contributed by atoms with van der Waals surface area (Å²) in [5.74, 6) is -0.949. The second-order valence-electron chi connectivity index (χ2n) is 7.98. The zero-order valence-electron chi connectivity index (χ0n) is 18.0. The zero-order chi connectivity index (χ0) is 22.1. The molecule has 1 fully saturated rings. The Hall–Kier alpha value is -3.15. The largest absolute Gasteiger partial charge is 0.467 e. The van der Waals surface area contributed by atoms with E-state index in [1.807, 2.05) is 36.4 Å². The van der Waals surface area contributed by atoms with Crippen molar-refractivity contribution in [1.82, 2.24) is 10.2 Å². The quantitative estimate of drug-likeness (QED) is 0.660. The van der Waals surface area contributed by atoms with Crippen molar-refractivity contribution in [3.8, 4) is 0 Å². The Balaban J connectivity index is 1.74. The van der Waals surface area contributed by atoms with Gasteiger partial charge in [-0.05, 0) is 36.5 Å². The van der Waals surface area contributed by atoms with Gasteiger partial charge in [-0.3, -0.25) is 9.59 Å². The Morgan fingerprint density at radius 2 is 1.58 bits per heavy atom. The number of hydrogen-bond donors (Lipinski definition) is 1. The van der Waals surface area contributed by atoms with Gasteiger partial charge in [-0.2, -0.15) is 0 Å². The van der Waals surface area contributed by atoms with E-state index in [1.54, 1.807) is 24.3 Å². The maximum absolute atomic E-state index is 13.1. The van der Waals surface area contributed by atoms with Crippen LogP contribution in [0.3, 0.4) is 0 Å². The Morgan fingerprint density at radius 3 is 2.19 bits per heavy atom. The van der Waals surface area contributed by atoms with Crippen LogP contribution in [0, 0.1) is 5.92 Å². The van der Waals surface area contributed by atoms with Gasteiger partial charge in [-0.1, -0.05) is 67.8 Å². The van der Waals surface area contributed by atoms with Gasteiger partial charge in [0.1, 0.15) is 12.6 Å². The number of methoxy groups -OCH3 is 1. The molecular weight excluding hydrogens is 392 g/mol. The van der Waals surface area contributed by atoms with Crippen LogP contribution in [0.2, 0.25) is 0 Å². The molecule has 0 bridgehead atoms. The highest BCUT2D eigenvalue weighted by Gasteiger charge is 2.32. The molecule has 31 heavy (non-hydrogen) atoms. The second kappa shape index (κ2) is 11.3. The molecule has 0 unspecified atom stereocenters. The van der Waals surface area contributed by atoms with Gasteiger partial charge in [0.15, 0.2) is 0 Å². The zero-order valence-corrected chi connectivity index (χ0v) is 18.0. The molecule has 6 heteroatoms. The minimum absolute atomic E-state index is 0.0672. The molecule has 0 spiro atoms. The van der Waals surface area contributed by atoms with Crippen molar-refractivity contribution in [3.63, 3.8) is 0 Å². The predicted molar refractivity (Wildman–Crippen MR) is 118 cm³/mol. The average Bonchev–Trinajstić information content (AvgIpc) is 2.83. The van der Waals surface area contributed by atoms with Gasteiger partial charge in [0.2, 0.25) is 5.91 Å². The Bertz CT molecular complexity index is 864. The molecule has 164 valence electrons. The van der Waals surface area contributed by atoms with Crippen LogP contribution < -0.4 is 5.32 Å². The summed E-state index contributed by atoms with van der Waals surface area (Å²) in [4.78, 5) is 39.9. The van der Waals surface area contributed by atoms with Gasteiger partial charge in [0, 0.05) is 12.1 Å². The molecule has 0 heterocycles. The summed E-state index contributed by atoms with van der Waals surface area (Å²) in [6.07, 6.45) is 5.00. The summed E-state index contributed by atoms with van der Waals surface area (Å²) < 4.78 is 4.95. The topological polar surface area (TPSA) is 75.7 Å². The van der Waals surface area contributed by atoms with E-state index in [9.17, 15) is 14.4 Å². The van der Waals surface area contributed by atoms with E-state index < -0.39 is 12.0 Å². The van der Waals surface area contributed by atoms with E-state index in [0.29, 0.717) is 12.1 Å². The predicted octanol–water partition coefficient (Wildman–Crippen LogP) is 3.57. The third-order valence-corrected chi connectivity index (χ3v) is 5.75. The molecule has 1 aliphatic rings. The summed E-state index contributed by atoms with van der Waals surface area (Å²) in [5.41, 5.74) is 1.44. The summed E-state index contributed by atoms with van der Waals surface area (Å²) in [6, 6.07) is 17.8. The fraction of sp³-hybridized carbons (Fsp3) is 0.400. The van der Waals surface area contributed by atoms with E-state index in [1.165, 1.54) is 12.0 Å². The third-order valence-electron chi connectivity index (χ3n) is 5.75. The number of carbonyl (C=O) groups excluding carboxylic acids is 3. The van der Waals surface area contributed by atoms with Crippen molar-refractivity contribution in [2.45, 2.75) is 44.7 Å². The van der Waals surface area contributed by atoms with Crippen LogP contribution in [0.1, 0.15) is 48.0 Å². The first-order chi connectivity index (χ1) is 15.1. The van der Waals surface area contributed by atoms with Gasteiger partial charge >= 0.3 is 5.97 Å². The van der Waals surface area contributed by atoms with Crippen LogP contribution in [-0.2, 0) is 20.9 Å². The number of amides is 2. The molecule has 1 atom stereocenters. The minimum Gasteiger partial charge on any atom is -0.467 e. The number of nitrogens with one attached hydrogen (secondary N) is 1. The normalized spacial score (nSPS) is 15.0. The molecule has 0 radical (unpaired) electrons. The van der Waals surface area contributed by atoms with Crippen LogP contribution in [0.25, 0.3) is 0 Å². The van der Waals surface area contributed by atoms with Crippen molar-refractivity contribution in [3.05, 3.63) is 71.8 Å². The van der Waals surface area contributed by atoms with Crippen molar-refractivity contribution in [2.24, 2.45) is 5.92 Å². The third kappa shape index (κ3) is 6.41. The molecule has 3 rings (SSSR count). The lowest BCUT2D eigenvalue weighted by Gasteiger charge is -2.30. The Kier molecular flexibility index (Phi) is 8.21. The lowest BCUT2D eigenvalue weighted by atomic mass is 9.84. The number of benzene rings is 2. The lowest BCUT2D eigenvalue weighted by molar-refractivity contribution is -0.147. The van der Waals surface area contributed by atoms with Crippen molar-refractivity contribution in [1.29, 1.82) is 0 Å². The molecule has 0 aliphatic heterocycles. The van der Waals surface area contributed by atoms with Crippen LogP contribution in [-0.4, -0.2) is 42.4 Å². The smallest absolute Gasteiger partial charge is 0.328 e. The van der Waals surface area contributed by atoms with Gasteiger partial charge in [0.05, 0.1) is 7.11 Å².